The zero-order valence-electron chi connectivity index (χ0n) is 11.8. The van der Waals surface area contributed by atoms with Gasteiger partial charge in [-0.2, -0.15) is 0 Å². The molecule has 0 bridgehead atoms. The van der Waals surface area contributed by atoms with Crippen molar-refractivity contribution in [2.24, 2.45) is 17.1 Å². The second-order valence-corrected chi connectivity index (χ2v) is 5.69. The van der Waals surface area contributed by atoms with E-state index in [4.69, 9.17) is 10.8 Å². The number of carboxylic acids is 1. The van der Waals surface area contributed by atoms with Gasteiger partial charge in [-0.1, -0.05) is 26.2 Å². The molecule has 0 radical (unpaired) electrons. The normalized spacial score (nSPS) is 19.7. The molecule has 1 saturated carbocycles. The first kappa shape index (κ1) is 16.0. The molecular weight excluding hydrogens is 244 g/mol. The van der Waals surface area contributed by atoms with E-state index >= 15 is 0 Å². The highest BCUT2D eigenvalue weighted by Crippen LogP contribution is 2.38. The van der Waals surface area contributed by atoms with Gasteiger partial charge in [0.1, 0.15) is 0 Å². The Morgan fingerprint density at radius 1 is 1.32 bits per heavy atom. The predicted molar refractivity (Wildman–Crippen MR) is 73.6 cm³/mol. The monoisotopic (exact) mass is 270 g/mol. The van der Waals surface area contributed by atoms with E-state index in [1.165, 1.54) is 0 Å². The van der Waals surface area contributed by atoms with Crippen LogP contribution in [0.3, 0.4) is 0 Å². The Balaban J connectivity index is 2.57. The van der Waals surface area contributed by atoms with Crippen molar-refractivity contribution in [3.63, 3.8) is 0 Å². The summed E-state index contributed by atoms with van der Waals surface area (Å²) in [5.74, 6) is -0.979. The average Bonchev–Trinajstić information content (AvgIpc) is 2.38. The van der Waals surface area contributed by atoms with Gasteiger partial charge in [0, 0.05) is 19.0 Å². The topological polar surface area (TPSA) is 92.4 Å². The summed E-state index contributed by atoms with van der Waals surface area (Å²) in [5.41, 5.74) is 5.29. The molecule has 0 saturated heterocycles. The van der Waals surface area contributed by atoms with Crippen molar-refractivity contribution < 1.29 is 14.7 Å². The molecule has 0 aromatic heterocycles. The van der Waals surface area contributed by atoms with Crippen molar-refractivity contribution in [2.45, 2.75) is 51.9 Å². The molecule has 0 heterocycles. The van der Waals surface area contributed by atoms with Crippen molar-refractivity contribution in [1.29, 1.82) is 0 Å². The lowest BCUT2D eigenvalue weighted by atomic mass is 9.71. The van der Waals surface area contributed by atoms with E-state index in [-0.39, 0.29) is 23.7 Å². The number of nitrogens with one attached hydrogen (secondary N) is 1. The Hall–Kier alpha value is -1.10. The summed E-state index contributed by atoms with van der Waals surface area (Å²) >= 11 is 0. The van der Waals surface area contributed by atoms with Crippen LogP contribution in [0.4, 0.5) is 0 Å². The van der Waals surface area contributed by atoms with Crippen molar-refractivity contribution in [2.75, 3.05) is 13.1 Å². The van der Waals surface area contributed by atoms with Gasteiger partial charge in [-0.15, -0.1) is 0 Å². The third-order valence-corrected chi connectivity index (χ3v) is 4.23. The average molecular weight is 270 g/mol. The van der Waals surface area contributed by atoms with E-state index in [0.717, 1.165) is 32.1 Å². The van der Waals surface area contributed by atoms with Crippen LogP contribution >= 0.6 is 0 Å². The fourth-order valence-electron chi connectivity index (χ4n) is 2.92. The highest BCUT2D eigenvalue weighted by Gasteiger charge is 2.35. The van der Waals surface area contributed by atoms with Crippen LogP contribution in [0.15, 0.2) is 0 Å². The minimum absolute atomic E-state index is 0.0414. The lowest BCUT2D eigenvalue weighted by molar-refractivity contribution is -0.141. The first-order chi connectivity index (χ1) is 9.03. The Morgan fingerprint density at radius 2 is 1.95 bits per heavy atom. The van der Waals surface area contributed by atoms with Crippen molar-refractivity contribution in [1.82, 2.24) is 5.32 Å². The molecule has 110 valence electrons. The summed E-state index contributed by atoms with van der Waals surface area (Å²) in [6.07, 6.45) is 5.91. The number of carbonyl (C=O) groups excluding carboxylic acids is 1. The zero-order chi connectivity index (χ0) is 14.3. The molecule has 0 aromatic rings. The highest BCUT2D eigenvalue weighted by molar-refractivity contribution is 5.79. The van der Waals surface area contributed by atoms with E-state index in [1.54, 1.807) is 0 Å². The van der Waals surface area contributed by atoms with Gasteiger partial charge in [0.05, 0.1) is 6.42 Å². The molecule has 1 aliphatic carbocycles. The molecule has 0 spiro atoms. The number of carbonyl (C=O) groups is 2. The number of hydrogen-bond acceptors (Lipinski definition) is 3. The quantitative estimate of drug-likeness (QED) is 0.654. The third kappa shape index (κ3) is 4.82. The van der Waals surface area contributed by atoms with Gasteiger partial charge in [-0.3, -0.25) is 9.59 Å². The van der Waals surface area contributed by atoms with Crippen LogP contribution in [-0.4, -0.2) is 30.1 Å². The summed E-state index contributed by atoms with van der Waals surface area (Å²) in [6.45, 7) is 2.74. The second-order valence-electron chi connectivity index (χ2n) is 5.69. The van der Waals surface area contributed by atoms with Crippen LogP contribution < -0.4 is 11.1 Å². The number of amides is 1. The van der Waals surface area contributed by atoms with Gasteiger partial charge >= 0.3 is 5.97 Å². The molecule has 1 rings (SSSR count). The molecule has 1 atom stereocenters. The van der Waals surface area contributed by atoms with E-state index in [9.17, 15) is 9.59 Å². The van der Waals surface area contributed by atoms with Crippen LogP contribution in [0.5, 0.6) is 0 Å². The molecule has 19 heavy (non-hydrogen) atoms. The summed E-state index contributed by atoms with van der Waals surface area (Å²) < 4.78 is 0. The van der Waals surface area contributed by atoms with Gasteiger partial charge in [0.2, 0.25) is 5.91 Å². The summed E-state index contributed by atoms with van der Waals surface area (Å²) in [6, 6.07) is 0. The molecular formula is C14H26N2O3. The molecule has 1 fully saturated rings. The van der Waals surface area contributed by atoms with Crippen LogP contribution in [-0.2, 0) is 9.59 Å². The van der Waals surface area contributed by atoms with Crippen molar-refractivity contribution in [3.05, 3.63) is 0 Å². The molecule has 0 aromatic carbocycles. The molecule has 1 unspecified atom stereocenters. The van der Waals surface area contributed by atoms with Crippen LogP contribution in [0.25, 0.3) is 0 Å². The molecule has 1 amide bonds. The summed E-state index contributed by atoms with van der Waals surface area (Å²) in [4.78, 5) is 23.0. The minimum Gasteiger partial charge on any atom is -0.481 e. The van der Waals surface area contributed by atoms with Crippen LogP contribution in [0.1, 0.15) is 51.9 Å². The number of hydrogen-bond donors (Lipinski definition) is 3. The number of rotatable bonds is 7. The van der Waals surface area contributed by atoms with E-state index in [0.29, 0.717) is 19.5 Å². The second kappa shape index (κ2) is 7.48. The summed E-state index contributed by atoms with van der Waals surface area (Å²) in [7, 11) is 0. The number of aliphatic carboxylic acids is 1. The predicted octanol–water partition coefficient (Wildman–Crippen LogP) is 1.51. The minimum atomic E-state index is -0.776. The highest BCUT2D eigenvalue weighted by atomic mass is 16.4. The number of carboxylic acid groups (broad SMARTS) is 1. The molecule has 5 nitrogen and oxygen atoms in total. The van der Waals surface area contributed by atoms with Crippen LogP contribution in [0.2, 0.25) is 0 Å². The summed E-state index contributed by atoms with van der Waals surface area (Å²) in [5, 5.41) is 12.0. The molecule has 5 heteroatoms. The maximum atomic E-state index is 11.9. The van der Waals surface area contributed by atoms with Gasteiger partial charge in [-0.05, 0) is 24.7 Å². The zero-order valence-corrected chi connectivity index (χ0v) is 11.8. The molecule has 1 aliphatic rings. The SMILES string of the molecule is CCC(CN)C(=O)NCC1(CC(=O)O)CCCCC1. The van der Waals surface area contributed by atoms with Gasteiger partial charge in [0.25, 0.3) is 0 Å². The lowest BCUT2D eigenvalue weighted by Gasteiger charge is -2.36. The van der Waals surface area contributed by atoms with Gasteiger partial charge in [0.15, 0.2) is 0 Å². The van der Waals surface area contributed by atoms with E-state index in [1.807, 2.05) is 6.92 Å². The first-order valence-corrected chi connectivity index (χ1v) is 7.22. The Morgan fingerprint density at radius 3 is 2.42 bits per heavy atom. The van der Waals surface area contributed by atoms with Gasteiger partial charge < -0.3 is 16.2 Å². The van der Waals surface area contributed by atoms with E-state index < -0.39 is 5.97 Å². The molecule has 0 aliphatic heterocycles. The van der Waals surface area contributed by atoms with Crippen LogP contribution in [0, 0.1) is 11.3 Å². The Bertz CT molecular complexity index is 308. The lowest BCUT2D eigenvalue weighted by Crippen LogP contribution is -2.43. The van der Waals surface area contributed by atoms with Gasteiger partial charge in [-0.25, -0.2) is 0 Å². The number of nitrogens with two attached hydrogens (primary N) is 1. The smallest absolute Gasteiger partial charge is 0.303 e. The largest absolute Gasteiger partial charge is 0.481 e. The standard InChI is InChI=1S/C14H26N2O3/c1-2-11(9-15)13(19)16-10-14(8-12(17)18)6-4-3-5-7-14/h11H,2-10,15H2,1H3,(H,16,19)(H,17,18). The Kier molecular flexibility index (Phi) is 6.28. The maximum absolute atomic E-state index is 11.9. The maximum Gasteiger partial charge on any atom is 0.303 e. The Labute approximate surface area is 114 Å². The first-order valence-electron chi connectivity index (χ1n) is 7.22. The fourth-order valence-corrected chi connectivity index (χ4v) is 2.92. The van der Waals surface area contributed by atoms with Crippen molar-refractivity contribution >= 4 is 11.9 Å². The van der Waals surface area contributed by atoms with E-state index in [2.05, 4.69) is 5.32 Å². The molecule has 4 N–H and O–H groups in total. The third-order valence-electron chi connectivity index (χ3n) is 4.23. The van der Waals surface area contributed by atoms with Crippen molar-refractivity contribution in [3.8, 4) is 0 Å². The fraction of sp³-hybridized carbons (Fsp3) is 0.857.